The molecule has 8 heteroatoms. The minimum atomic E-state index is -0.476. The molecule has 0 atom stereocenters. The maximum absolute atomic E-state index is 12.8. The first-order chi connectivity index (χ1) is 13.9. The van der Waals surface area contributed by atoms with E-state index in [-0.39, 0.29) is 24.7 Å². The van der Waals surface area contributed by atoms with Crippen molar-refractivity contribution in [2.75, 3.05) is 33.6 Å². The van der Waals surface area contributed by atoms with E-state index >= 15 is 0 Å². The molecule has 0 unspecified atom stereocenters. The Kier molecular flexibility index (Phi) is 9.15. The van der Waals surface area contributed by atoms with Crippen molar-refractivity contribution >= 4 is 35.2 Å². The number of benzene rings is 2. The third-order valence-electron chi connectivity index (χ3n) is 4.09. The third kappa shape index (κ3) is 7.51. The van der Waals surface area contributed by atoms with Gasteiger partial charge in [-0.05, 0) is 35.4 Å². The van der Waals surface area contributed by atoms with Crippen LogP contribution in [0.2, 0.25) is 5.02 Å². The fourth-order valence-electron chi connectivity index (χ4n) is 2.56. The van der Waals surface area contributed by atoms with E-state index in [0.29, 0.717) is 22.3 Å². The van der Waals surface area contributed by atoms with E-state index in [4.69, 9.17) is 25.8 Å². The molecule has 0 aromatic heterocycles. The van der Waals surface area contributed by atoms with Gasteiger partial charge in [0.25, 0.3) is 0 Å². The summed E-state index contributed by atoms with van der Waals surface area (Å²) in [6.07, 6.45) is 0. The highest BCUT2D eigenvalue weighted by Crippen LogP contribution is 2.24. The summed E-state index contributed by atoms with van der Waals surface area (Å²) in [5.41, 5.74) is 1.87. The minimum absolute atomic E-state index is 0.129. The zero-order valence-electron chi connectivity index (χ0n) is 16.6. The average Bonchev–Trinajstić information content (AvgIpc) is 2.74. The Labute approximate surface area is 180 Å². The third-order valence-corrected chi connectivity index (χ3v) is 5.33. The van der Waals surface area contributed by atoms with Crippen LogP contribution in [-0.2, 0) is 26.6 Å². The number of ether oxygens (including phenoxy) is 3. The van der Waals surface area contributed by atoms with Gasteiger partial charge in [0, 0.05) is 23.4 Å². The molecule has 0 radical (unpaired) electrons. The van der Waals surface area contributed by atoms with E-state index in [2.05, 4.69) is 0 Å². The number of methoxy groups -OCH3 is 3. The first kappa shape index (κ1) is 22.9. The molecular weight excluding hydrogens is 414 g/mol. The van der Waals surface area contributed by atoms with Gasteiger partial charge in [0.1, 0.15) is 18.0 Å². The van der Waals surface area contributed by atoms with Gasteiger partial charge in [-0.1, -0.05) is 23.7 Å². The van der Waals surface area contributed by atoms with Crippen molar-refractivity contribution < 1.29 is 23.8 Å². The van der Waals surface area contributed by atoms with Crippen LogP contribution in [0.25, 0.3) is 0 Å². The molecular formula is C21H24ClNO5S. The lowest BCUT2D eigenvalue weighted by molar-refractivity contribution is -0.146. The largest absolute Gasteiger partial charge is 0.497 e. The van der Waals surface area contributed by atoms with Gasteiger partial charge in [0.2, 0.25) is 5.91 Å². The average molecular weight is 438 g/mol. The van der Waals surface area contributed by atoms with Crippen LogP contribution in [0.1, 0.15) is 11.1 Å². The Morgan fingerprint density at radius 3 is 2.14 bits per heavy atom. The Bertz CT molecular complexity index is 806. The highest BCUT2D eigenvalue weighted by atomic mass is 35.5. The van der Waals surface area contributed by atoms with E-state index in [9.17, 15) is 9.59 Å². The molecule has 0 N–H and O–H groups in total. The topological polar surface area (TPSA) is 65.1 Å². The zero-order valence-corrected chi connectivity index (χ0v) is 18.2. The number of nitrogens with zero attached hydrogens (tertiary/aromatic N) is 1. The first-order valence-corrected chi connectivity index (χ1v) is 10.4. The Balaban J connectivity index is 2.05. The van der Waals surface area contributed by atoms with Gasteiger partial charge in [-0.25, -0.2) is 0 Å². The lowest BCUT2D eigenvalue weighted by Gasteiger charge is -2.22. The van der Waals surface area contributed by atoms with Crippen LogP contribution in [-0.4, -0.2) is 50.4 Å². The number of carbonyl (C=O) groups is 2. The Morgan fingerprint density at radius 1 is 0.966 bits per heavy atom. The fourth-order valence-corrected chi connectivity index (χ4v) is 3.57. The molecule has 0 saturated carbocycles. The molecule has 0 aliphatic rings. The predicted molar refractivity (Wildman–Crippen MR) is 115 cm³/mol. The van der Waals surface area contributed by atoms with Crippen molar-refractivity contribution in [2.24, 2.45) is 0 Å². The van der Waals surface area contributed by atoms with Gasteiger partial charge in [0.05, 0.1) is 27.1 Å². The van der Waals surface area contributed by atoms with Crippen molar-refractivity contribution in [2.45, 2.75) is 12.3 Å². The molecule has 1 amide bonds. The summed E-state index contributed by atoms with van der Waals surface area (Å²) in [4.78, 5) is 26.0. The summed E-state index contributed by atoms with van der Waals surface area (Å²) in [5, 5.41) is 0.674. The maximum Gasteiger partial charge on any atom is 0.325 e. The molecule has 0 heterocycles. The second kappa shape index (κ2) is 11.6. The SMILES string of the molecule is COC(=O)CN(Cc1cc(OC)cc(OC)c1)C(=O)CSCc1ccc(Cl)cc1. The van der Waals surface area contributed by atoms with Gasteiger partial charge >= 0.3 is 5.97 Å². The van der Waals surface area contributed by atoms with Crippen molar-refractivity contribution in [3.8, 4) is 11.5 Å². The van der Waals surface area contributed by atoms with E-state index < -0.39 is 5.97 Å². The molecule has 156 valence electrons. The Morgan fingerprint density at radius 2 is 1.59 bits per heavy atom. The molecule has 29 heavy (non-hydrogen) atoms. The number of rotatable bonds is 10. The number of hydrogen-bond donors (Lipinski definition) is 0. The standard InChI is InChI=1S/C21H24ClNO5S/c1-26-18-8-16(9-19(10-18)27-2)11-23(12-21(25)28-3)20(24)14-29-13-15-4-6-17(22)7-5-15/h4-10H,11-14H2,1-3H3. The van der Waals surface area contributed by atoms with Crippen LogP contribution >= 0.6 is 23.4 Å². The molecule has 2 aromatic carbocycles. The molecule has 0 spiro atoms. The number of carbonyl (C=O) groups excluding carboxylic acids is 2. The molecule has 0 saturated heterocycles. The number of thioether (sulfide) groups is 1. The van der Waals surface area contributed by atoms with Crippen molar-refractivity contribution in [3.63, 3.8) is 0 Å². The summed E-state index contributed by atoms with van der Waals surface area (Å²) < 4.78 is 15.3. The minimum Gasteiger partial charge on any atom is -0.497 e. The highest BCUT2D eigenvalue weighted by molar-refractivity contribution is 7.99. The van der Waals surface area contributed by atoms with Crippen molar-refractivity contribution in [1.82, 2.24) is 4.90 Å². The highest BCUT2D eigenvalue weighted by Gasteiger charge is 2.19. The molecule has 6 nitrogen and oxygen atoms in total. The number of halogens is 1. The maximum atomic E-state index is 12.8. The second-order valence-electron chi connectivity index (χ2n) is 6.17. The summed E-state index contributed by atoms with van der Waals surface area (Å²) in [7, 11) is 4.42. The number of amides is 1. The summed E-state index contributed by atoms with van der Waals surface area (Å²) >= 11 is 7.36. The van der Waals surface area contributed by atoms with E-state index in [1.807, 2.05) is 24.3 Å². The van der Waals surface area contributed by atoms with Crippen LogP contribution in [0.3, 0.4) is 0 Å². The van der Waals surface area contributed by atoms with Gasteiger partial charge in [-0.2, -0.15) is 0 Å². The van der Waals surface area contributed by atoms with E-state index in [1.54, 1.807) is 32.4 Å². The monoisotopic (exact) mass is 437 g/mol. The van der Waals surface area contributed by atoms with E-state index in [0.717, 1.165) is 11.1 Å². The quantitative estimate of drug-likeness (QED) is 0.527. The number of esters is 1. The number of hydrogen-bond acceptors (Lipinski definition) is 6. The lowest BCUT2D eigenvalue weighted by atomic mass is 10.2. The summed E-state index contributed by atoms with van der Waals surface area (Å²) in [6, 6.07) is 12.8. The zero-order chi connectivity index (χ0) is 21.2. The fraction of sp³-hybridized carbons (Fsp3) is 0.333. The van der Waals surface area contributed by atoms with Gasteiger partial charge < -0.3 is 19.1 Å². The molecule has 0 fully saturated rings. The normalized spacial score (nSPS) is 10.3. The van der Waals surface area contributed by atoms with Crippen LogP contribution in [0.15, 0.2) is 42.5 Å². The summed E-state index contributed by atoms with van der Waals surface area (Å²) in [5.74, 6) is 1.50. The lowest BCUT2D eigenvalue weighted by Crippen LogP contribution is -2.36. The van der Waals surface area contributed by atoms with Crippen molar-refractivity contribution in [1.29, 1.82) is 0 Å². The predicted octanol–water partition coefficient (Wildman–Crippen LogP) is 3.79. The van der Waals surface area contributed by atoms with Crippen LogP contribution in [0.5, 0.6) is 11.5 Å². The smallest absolute Gasteiger partial charge is 0.325 e. The summed E-state index contributed by atoms with van der Waals surface area (Å²) in [6.45, 7) is 0.110. The second-order valence-corrected chi connectivity index (χ2v) is 7.59. The molecule has 0 aliphatic heterocycles. The van der Waals surface area contributed by atoms with Gasteiger partial charge in [-0.3, -0.25) is 9.59 Å². The molecule has 2 rings (SSSR count). The molecule has 2 aromatic rings. The van der Waals surface area contributed by atoms with Crippen LogP contribution < -0.4 is 9.47 Å². The molecule has 0 aliphatic carbocycles. The van der Waals surface area contributed by atoms with Gasteiger partial charge in [-0.15, -0.1) is 11.8 Å². The van der Waals surface area contributed by atoms with Crippen LogP contribution in [0, 0.1) is 0 Å². The van der Waals surface area contributed by atoms with Crippen molar-refractivity contribution in [3.05, 3.63) is 58.6 Å². The van der Waals surface area contributed by atoms with Gasteiger partial charge in [0.15, 0.2) is 0 Å². The molecule has 0 bridgehead atoms. The Hall–Kier alpha value is -2.38. The van der Waals surface area contributed by atoms with E-state index in [1.165, 1.54) is 23.8 Å². The van der Waals surface area contributed by atoms with Crippen LogP contribution in [0.4, 0.5) is 0 Å². The first-order valence-electron chi connectivity index (χ1n) is 8.84.